The number of urea groups is 1. The first-order chi connectivity index (χ1) is 16.1. The summed E-state index contributed by atoms with van der Waals surface area (Å²) >= 11 is 1.39. The molecule has 1 unspecified atom stereocenters. The second-order valence-electron chi connectivity index (χ2n) is 7.50. The molecule has 0 fully saturated rings. The van der Waals surface area contributed by atoms with Gasteiger partial charge in [-0.1, -0.05) is 47.6 Å². The van der Waals surface area contributed by atoms with Crippen molar-refractivity contribution in [3.8, 4) is 17.1 Å². The van der Waals surface area contributed by atoms with Crippen molar-refractivity contribution in [3.63, 3.8) is 0 Å². The third-order valence-electron chi connectivity index (χ3n) is 5.33. The summed E-state index contributed by atoms with van der Waals surface area (Å²) in [6.45, 7) is 2.76. The van der Waals surface area contributed by atoms with Gasteiger partial charge >= 0.3 is 11.9 Å². The molecule has 8 nitrogen and oxygen atoms in total. The zero-order valence-corrected chi connectivity index (χ0v) is 18.7. The molecule has 1 aromatic heterocycles. The standard InChI is InChI=1S/C24H21N4O4S/c1-2-31-18-10-6-9-17(13-18)22-25-20(32-26-22)15-27-19-11-12-33-21(19)23(29)28(24(27)30)14-16-7-4-3-5-8-16/h3-13,21H,2,14-15H2,1H3/q+1. The number of benzene rings is 2. The first-order valence-electron chi connectivity index (χ1n) is 10.6. The summed E-state index contributed by atoms with van der Waals surface area (Å²) in [4.78, 5) is 32.1. The Bertz CT molecular complexity index is 1270. The lowest BCUT2D eigenvalue weighted by atomic mass is 10.1. The maximum Gasteiger partial charge on any atom is 0.501 e. The van der Waals surface area contributed by atoms with Crippen molar-refractivity contribution in [3.05, 3.63) is 77.5 Å². The van der Waals surface area contributed by atoms with E-state index in [1.165, 1.54) is 16.7 Å². The lowest BCUT2D eigenvalue weighted by Gasteiger charge is -2.23. The summed E-state index contributed by atoms with van der Waals surface area (Å²) in [7, 11) is 0. The number of aromatic nitrogens is 2. The summed E-state index contributed by atoms with van der Waals surface area (Å²) in [6, 6.07) is 16.5. The van der Waals surface area contributed by atoms with Gasteiger partial charge in [-0.15, -0.1) is 11.8 Å². The van der Waals surface area contributed by atoms with Crippen molar-refractivity contribution >= 4 is 29.4 Å². The number of hydrogen-bond donors (Lipinski definition) is 0. The Balaban J connectivity index is 1.42. The van der Waals surface area contributed by atoms with E-state index in [0.717, 1.165) is 11.1 Å². The molecule has 0 radical (unpaired) electrons. The Morgan fingerprint density at radius 3 is 2.82 bits per heavy atom. The quantitative estimate of drug-likeness (QED) is 0.493. The molecule has 1 atom stereocenters. The highest BCUT2D eigenvalue weighted by atomic mass is 32.2. The minimum Gasteiger partial charge on any atom is -0.494 e. The van der Waals surface area contributed by atoms with Crippen molar-refractivity contribution < 1.29 is 23.4 Å². The van der Waals surface area contributed by atoms with Crippen LogP contribution in [0.25, 0.3) is 11.4 Å². The highest BCUT2D eigenvalue weighted by Gasteiger charge is 2.49. The van der Waals surface area contributed by atoms with Crippen molar-refractivity contribution in [2.24, 2.45) is 0 Å². The molecule has 0 N–H and O–H groups in total. The second kappa shape index (κ2) is 9.03. The maximum absolute atomic E-state index is 13.3. The lowest BCUT2D eigenvalue weighted by molar-refractivity contribution is -0.458. The number of fused-ring (bicyclic) bond motifs is 1. The van der Waals surface area contributed by atoms with Gasteiger partial charge in [0.15, 0.2) is 11.8 Å². The van der Waals surface area contributed by atoms with Gasteiger partial charge in [-0.3, -0.25) is 0 Å². The number of allylic oxidation sites excluding steroid dienone is 1. The molecule has 3 aromatic rings. The fourth-order valence-corrected chi connectivity index (χ4v) is 4.75. The molecule has 9 heteroatoms. The molecule has 33 heavy (non-hydrogen) atoms. The van der Waals surface area contributed by atoms with E-state index in [1.807, 2.05) is 66.9 Å². The van der Waals surface area contributed by atoms with Crippen LogP contribution in [0.5, 0.6) is 5.75 Å². The fourth-order valence-electron chi connectivity index (χ4n) is 3.79. The number of ether oxygens (including phenoxy) is 1. The van der Waals surface area contributed by atoms with Gasteiger partial charge in [0, 0.05) is 5.56 Å². The molecular weight excluding hydrogens is 440 g/mol. The molecule has 5 rings (SSSR count). The van der Waals surface area contributed by atoms with Gasteiger partial charge in [0.2, 0.25) is 5.82 Å². The van der Waals surface area contributed by atoms with Crippen molar-refractivity contribution in [1.29, 1.82) is 0 Å². The SMILES string of the molecule is CCOc1cccc(-c2noc(C[N+]3=C4C=CSC4C(=O)N(Cc4ccccc4)C3=O)n2)c1. The monoisotopic (exact) mass is 461 g/mol. The van der Waals surface area contributed by atoms with E-state index in [-0.39, 0.29) is 24.9 Å². The summed E-state index contributed by atoms with van der Waals surface area (Å²) in [5.41, 5.74) is 2.27. The number of hydrogen-bond acceptors (Lipinski definition) is 7. The van der Waals surface area contributed by atoms with Crippen molar-refractivity contribution in [1.82, 2.24) is 15.0 Å². The molecule has 3 heterocycles. The van der Waals surface area contributed by atoms with Crippen molar-refractivity contribution in [2.75, 3.05) is 6.61 Å². The highest BCUT2D eigenvalue weighted by Crippen LogP contribution is 2.29. The van der Waals surface area contributed by atoms with E-state index in [0.29, 0.717) is 23.9 Å². The minimum absolute atomic E-state index is 0.0757. The third-order valence-corrected chi connectivity index (χ3v) is 6.34. The fraction of sp³-hybridized carbons (Fsp3) is 0.208. The normalized spacial score (nSPS) is 17.6. The number of carbonyl (C=O) groups excluding carboxylic acids is 2. The van der Waals surface area contributed by atoms with Crippen LogP contribution in [-0.2, 0) is 17.9 Å². The third kappa shape index (κ3) is 4.19. The number of thioether (sulfide) groups is 1. The Morgan fingerprint density at radius 2 is 2.00 bits per heavy atom. The molecule has 2 aliphatic rings. The maximum atomic E-state index is 13.3. The number of carbonyl (C=O) groups is 2. The van der Waals surface area contributed by atoms with Crippen LogP contribution < -0.4 is 4.74 Å². The van der Waals surface area contributed by atoms with E-state index in [9.17, 15) is 9.59 Å². The summed E-state index contributed by atoms with van der Waals surface area (Å²) in [5, 5.41) is 5.45. The van der Waals surface area contributed by atoms with Crippen LogP contribution in [0, 0.1) is 0 Å². The van der Waals surface area contributed by atoms with E-state index in [1.54, 1.807) is 10.7 Å². The molecule has 2 aromatic carbocycles. The van der Waals surface area contributed by atoms with Gasteiger partial charge in [-0.05, 0) is 36.1 Å². The zero-order valence-electron chi connectivity index (χ0n) is 17.9. The van der Waals surface area contributed by atoms with Crippen LogP contribution >= 0.6 is 11.8 Å². The summed E-state index contributed by atoms with van der Waals surface area (Å²) in [5.74, 6) is 1.19. The highest BCUT2D eigenvalue weighted by molar-refractivity contribution is 8.04. The predicted molar refractivity (Wildman–Crippen MR) is 123 cm³/mol. The Morgan fingerprint density at radius 1 is 1.15 bits per heavy atom. The molecule has 0 saturated carbocycles. The molecule has 0 saturated heterocycles. The Hall–Kier alpha value is -3.72. The lowest BCUT2D eigenvalue weighted by Crippen LogP contribution is -2.54. The average molecular weight is 462 g/mol. The first-order valence-corrected chi connectivity index (χ1v) is 11.5. The van der Waals surface area contributed by atoms with E-state index in [2.05, 4.69) is 10.1 Å². The smallest absolute Gasteiger partial charge is 0.494 e. The van der Waals surface area contributed by atoms with Crippen LogP contribution in [0.2, 0.25) is 0 Å². The number of rotatable bonds is 7. The molecule has 2 aliphatic heterocycles. The zero-order chi connectivity index (χ0) is 22.8. The van der Waals surface area contributed by atoms with Crippen LogP contribution in [0.15, 0.2) is 70.6 Å². The Kier molecular flexibility index (Phi) is 5.78. The van der Waals surface area contributed by atoms with Crippen LogP contribution in [0.4, 0.5) is 4.79 Å². The minimum atomic E-state index is -0.461. The van der Waals surface area contributed by atoms with Crippen molar-refractivity contribution in [2.45, 2.75) is 25.3 Å². The van der Waals surface area contributed by atoms with Crippen LogP contribution in [-0.4, -0.2) is 49.1 Å². The number of nitrogens with zero attached hydrogens (tertiary/aromatic N) is 4. The number of imide groups is 1. The van der Waals surface area contributed by atoms with Gasteiger partial charge in [-0.25, -0.2) is 4.79 Å². The molecular formula is C24H21N4O4S+. The summed E-state index contributed by atoms with van der Waals surface area (Å²) in [6.07, 6.45) is 1.80. The predicted octanol–water partition coefficient (Wildman–Crippen LogP) is 3.88. The molecule has 0 bridgehead atoms. The van der Waals surface area contributed by atoms with E-state index in [4.69, 9.17) is 9.26 Å². The topological polar surface area (TPSA) is 88.5 Å². The Labute approximate surface area is 194 Å². The molecule has 0 aliphatic carbocycles. The van der Waals surface area contributed by atoms with Crippen LogP contribution in [0.1, 0.15) is 18.4 Å². The largest absolute Gasteiger partial charge is 0.501 e. The van der Waals surface area contributed by atoms with Gasteiger partial charge < -0.3 is 9.26 Å². The van der Waals surface area contributed by atoms with Gasteiger partial charge in [0.1, 0.15) is 18.0 Å². The van der Waals surface area contributed by atoms with E-state index < -0.39 is 11.3 Å². The molecule has 166 valence electrons. The second-order valence-corrected chi connectivity index (χ2v) is 8.51. The van der Waals surface area contributed by atoms with Gasteiger partial charge in [-0.2, -0.15) is 19.3 Å². The van der Waals surface area contributed by atoms with E-state index >= 15 is 0 Å². The van der Waals surface area contributed by atoms with Gasteiger partial charge in [0.25, 0.3) is 5.89 Å². The molecule has 0 spiro atoms. The first kappa shape index (κ1) is 21.1. The average Bonchev–Trinajstić information content (AvgIpc) is 3.51. The van der Waals surface area contributed by atoms with Crippen LogP contribution in [0.3, 0.4) is 0 Å². The summed E-state index contributed by atoms with van der Waals surface area (Å²) < 4.78 is 12.5. The number of amides is 3. The molecule has 3 amide bonds. The van der Waals surface area contributed by atoms with Gasteiger partial charge in [0.05, 0.1) is 6.61 Å².